The summed E-state index contributed by atoms with van der Waals surface area (Å²) in [5.41, 5.74) is 1.60. The van der Waals surface area contributed by atoms with Crippen LogP contribution in [0.25, 0.3) is 10.6 Å². The van der Waals surface area contributed by atoms with Gasteiger partial charge >= 0.3 is 0 Å². The van der Waals surface area contributed by atoms with Gasteiger partial charge in [0.2, 0.25) is 0 Å². The Hall–Kier alpha value is -1.06. The van der Waals surface area contributed by atoms with Crippen LogP contribution in [0.3, 0.4) is 0 Å². The number of alkyl halides is 1. The Labute approximate surface area is 90.8 Å². The number of aromatic hydroxyl groups is 1. The molecule has 0 atom stereocenters. The van der Waals surface area contributed by atoms with Crippen LogP contribution in [0.4, 0.5) is 0 Å². The zero-order valence-electron chi connectivity index (χ0n) is 7.27. The van der Waals surface area contributed by atoms with E-state index in [4.69, 9.17) is 11.6 Å². The molecule has 72 valence electrons. The van der Waals surface area contributed by atoms with Crippen molar-refractivity contribution in [1.82, 2.24) is 4.98 Å². The lowest BCUT2D eigenvalue weighted by atomic mass is 10.2. The Kier molecular flexibility index (Phi) is 2.70. The molecule has 0 spiro atoms. The van der Waals surface area contributed by atoms with Gasteiger partial charge in [0.15, 0.2) is 0 Å². The topological polar surface area (TPSA) is 33.1 Å². The van der Waals surface area contributed by atoms with Crippen LogP contribution in [0, 0.1) is 0 Å². The fourth-order valence-corrected chi connectivity index (χ4v) is 2.23. The van der Waals surface area contributed by atoms with Gasteiger partial charge in [-0.15, -0.1) is 22.9 Å². The first-order valence-corrected chi connectivity index (χ1v) is 5.51. The summed E-state index contributed by atoms with van der Waals surface area (Å²) < 4.78 is 0. The number of para-hydroxylation sites is 1. The third-order valence-corrected chi connectivity index (χ3v) is 3.02. The molecule has 1 aromatic carbocycles. The molecule has 0 amide bonds. The van der Waals surface area contributed by atoms with Gasteiger partial charge in [0.25, 0.3) is 0 Å². The number of aromatic nitrogens is 1. The first-order valence-electron chi connectivity index (χ1n) is 4.10. The van der Waals surface area contributed by atoms with E-state index in [1.165, 1.54) is 11.3 Å². The number of hydrogen-bond donors (Lipinski definition) is 1. The molecule has 1 heterocycles. The van der Waals surface area contributed by atoms with Crippen molar-refractivity contribution in [3.8, 4) is 16.3 Å². The molecule has 0 unspecified atom stereocenters. The summed E-state index contributed by atoms with van der Waals surface area (Å²) in [7, 11) is 0. The lowest BCUT2D eigenvalue weighted by Gasteiger charge is -1.98. The number of hydrogen-bond acceptors (Lipinski definition) is 3. The molecule has 2 nitrogen and oxygen atoms in total. The smallest absolute Gasteiger partial charge is 0.127 e. The molecule has 2 rings (SSSR count). The molecule has 2 aromatic rings. The molecule has 0 saturated carbocycles. The van der Waals surface area contributed by atoms with Gasteiger partial charge in [-0.25, -0.2) is 4.98 Å². The Morgan fingerprint density at radius 2 is 2.14 bits per heavy atom. The van der Waals surface area contributed by atoms with Crippen LogP contribution in [0.15, 0.2) is 29.6 Å². The fourth-order valence-electron chi connectivity index (χ4n) is 1.15. The zero-order valence-corrected chi connectivity index (χ0v) is 8.85. The summed E-state index contributed by atoms with van der Waals surface area (Å²) in [6.45, 7) is 0. The van der Waals surface area contributed by atoms with Gasteiger partial charge in [-0.1, -0.05) is 12.1 Å². The van der Waals surface area contributed by atoms with Gasteiger partial charge in [-0.2, -0.15) is 0 Å². The summed E-state index contributed by atoms with van der Waals surface area (Å²) in [5.74, 6) is 0.660. The van der Waals surface area contributed by atoms with E-state index in [2.05, 4.69) is 4.98 Å². The summed E-state index contributed by atoms with van der Waals surface area (Å²) >= 11 is 7.13. The maximum Gasteiger partial charge on any atom is 0.127 e. The van der Waals surface area contributed by atoms with Crippen molar-refractivity contribution < 1.29 is 5.11 Å². The molecule has 0 aliphatic heterocycles. The maximum absolute atomic E-state index is 9.58. The van der Waals surface area contributed by atoms with Crippen LogP contribution >= 0.6 is 22.9 Å². The largest absolute Gasteiger partial charge is 0.507 e. The van der Waals surface area contributed by atoms with Crippen LogP contribution < -0.4 is 0 Å². The molecular weight excluding hydrogens is 218 g/mol. The molecule has 1 N–H and O–H groups in total. The number of nitrogens with zero attached hydrogens (tertiary/aromatic N) is 1. The highest BCUT2D eigenvalue weighted by Gasteiger charge is 2.07. The highest BCUT2D eigenvalue weighted by Crippen LogP contribution is 2.31. The summed E-state index contributed by atoms with van der Waals surface area (Å²) in [6.07, 6.45) is 0. The van der Waals surface area contributed by atoms with E-state index in [1.54, 1.807) is 12.1 Å². The maximum atomic E-state index is 9.58. The van der Waals surface area contributed by atoms with Crippen LogP contribution in [0.2, 0.25) is 0 Å². The van der Waals surface area contributed by atoms with Crippen LogP contribution in [-0.2, 0) is 5.88 Å². The molecule has 0 saturated heterocycles. The Morgan fingerprint density at radius 3 is 2.79 bits per heavy atom. The first-order chi connectivity index (χ1) is 6.81. The quantitative estimate of drug-likeness (QED) is 0.796. The summed E-state index contributed by atoms with van der Waals surface area (Å²) in [5, 5.41) is 12.3. The standard InChI is InChI=1S/C10H8ClNOS/c11-5-7-6-14-10(12-7)8-3-1-2-4-9(8)13/h1-4,6,13H,5H2. The Morgan fingerprint density at radius 1 is 1.36 bits per heavy atom. The van der Waals surface area contributed by atoms with Crippen molar-refractivity contribution in [3.05, 3.63) is 35.3 Å². The SMILES string of the molecule is Oc1ccccc1-c1nc(CCl)cs1. The van der Waals surface area contributed by atoms with Crippen molar-refractivity contribution in [2.75, 3.05) is 0 Å². The van der Waals surface area contributed by atoms with E-state index in [9.17, 15) is 5.11 Å². The second-order valence-electron chi connectivity index (χ2n) is 2.79. The number of halogens is 1. The molecule has 0 bridgehead atoms. The highest BCUT2D eigenvalue weighted by atomic mass is 35.5. The van der Waals surface area contributed by atoms with E-state index in [-0.39, 0.29) is 5.75 Å². The Bertz CT molecular complexity index is 441. The average Bonchev–Trinajstić information content (AvgIpc) is 2.67. The van der Waals surface area contributed by atoms with Gasteiger partial charge in [-0.3, -0.25) is 0 Å². The van der Waals surface area contributed by atoms with Crippen molar-refractivity contribution in [2.45, 2.75) is 5.88 Å². The third kappa shape index (κ3) is 1.74. The third-order valence-electron chi connectivity index (χ3n) is 1.82. The van der Waals surface area contributed by atoms with Crippen molar-refractivity contribution in [2.24, 2.45) is 0 Å². The second kappa shape index (κ2) is 3.98. The summed E-state index contributed by atoms with van der Waals surface area (Å²) in [6, 6.07) is 7.15. The highest BCUT2D eigenvalue weighted by molar-refractivity contribution is 7.13. The molecule has 0 fully saturated rings. The van der Waals surface area contributed by atoms with Crippen molar-refractivity contribution in [3.63, 3.8) is 0 Å². The van der Waals surface area contributed by atoms with E-state index < -0.39 is 0 Å². The van der Waals surface area contributed by atoms with E-state index in [0.717, 1.165) is 16.3 Å². The molecule has 0 aliphatic rings. The van der Waals surface area contributed by atoms with Crippen molar-refractivity contribution >= 4 is 22.9 Å². The van der Waals surface area contributed by atoms with E-state index >= 15 is 0 Å². The normalized spacial score (nSPS) is 10.4. The van der Waals surface area contributed by atoms with Crippen LogP contribution in [0.5, 0.6) is 5.75 Å². The van der Waals surface area contributed by atoms with Gasteiger partial charge in [0, 0.05) is 5.38 Å². The minimum absolute atomic E-state index is 0.253. The molecule has 0 radical (unpaired) electrons. The minimum atomic E-state index is 0.253. The fraction of sp³-hybridized carbons (Fsp3) is 0.100. The number of phenols is 1. The van der Waals surface area contributed by atoms with E-state index in [1.807, 2.05) is 17.5 Å². The lowest BCUT2D eigenvalue weighted by molar-refractivity contribution is 0.477. The minimum Gasteiger partial charge on any atom is -0.507 e. The average molecular weight is 226 g/mol. The molecule has 4 heteroatoms. The Balaban J connectivity index is 2.44. The number of phenolic OH excluding ortho intramolecular Hbond substituents is 1. The van der Waals surface area contributed by atoms with Gasteiger partial charge in [-0.05, 0) is 12.1 Å². The van der Waals surface area contributed by atoms with Crippen molar-refractivity contribution in [1.29, 1.82) is 0 Å². The lowest BCUT2D eigenvalue weighted by Crippen LogP contribution is -1.79. The van der Waals surface area contributed by atoms with Crippen LogP contribution in [-0.4, -0.2) is 10.1 Å². The number of benzene rings is 1. The van der Waals surface area contributed by atoms with Crippen LogP contribution in [0.1, 0.15) is 5.69 Å². The van der Waals surface area contributed by atoms with Gasteiger partial charge in [0.1, 0.15) is 10.8 Å². The molecule has 1 aromatic heterocycles. The molecule has 14 heavy (non-hydrogen) atoms. The predicted octanol–water partition coefficient (Wildman–Crippen LogP) is 3.25. The monoisotopic (exact) mass is 225 g/mol. The second-order valence-corrected chi connectivity index (χ2v) is 3.92. The van der Waals surface area contributed by atoms with Gasteiger partial charge < -0.3 is 5.11 Å². The van der Waals surface area contributed by atoms with E-state index in [0.29, 0.717) is 5.88 Å². The predicted molar refractivity (Wildman–Crippen MR) is 58.8 cm³/mol. The van der Waals surface area contributed by atoms with Gasteiger partial charge in [0.05, 0.1) is 17.1 Å². The summed E-state index contributed by atoms with van der Waals surface area (Å²) in [4.78, 5) is 4.29. The first kappa shape index (κ1) is 9.49. The number of rotatable bonds is 2. The zero-order chi connectivity index (χ0) is 9.97. The molecular formula is C10H8ClNOS. The number of thiazole rings is 1. The molecule has 0 aliphatic carbocycles.